The number of anilines is 1. The minimum atomic E-state index is -0.739. The van der Waals surface area contributed by atoms with Gasteiger partial charge in [-0.15, -0.1) is 5.10 Å². The van der Waals surface area contributed by atoms with Crippen molar-refractivity contribution in [3.05, 3.63) is 24.3 Å². The third kappa shape index (κ3) is 3.34. The number of tetrazole rings is 1. The van der Waals surface area contributed by atoms with Gasteiger partial charge in [0, 0.05) is 30.9 Å². The van der Waals surface area contributed by atoms with Crippen LogP contribution in [0.3, 0.4) is 0 Å². The lowest BCUT2D eigenvalue weighted by Gasteiger charge is -2.35. The van der Waals surface area contributed by atoms with Crippen LogP contribution in [0.5, 0.6) is 0 Å². The van der Waals surface area contributed by atoms with Gasteiger partial charge in [-0.3, -0.25) is 14.5 Å². The van der Waals surface area contributed by atoms with Crippen molar-refractivity contribution in [2.24, 2.45) is 5.73 Å². The molecule has 3 fully saturated rings. The molecule has 11 heteroatoms. The summed E-state index contributed by atoms with van der Waals surface area (Å²) in [4.78, 5) is 31.3. The number of rotatable bonds is 5. The van der Waals surface area contributed by atoms with Gasteiger partial charge in [0.15, 0.2) is 5.82 Å². The molecule has 3 aliphatic rings. The van der Waals surface area contributed by atoms with Crippen LogP contribution in [0.15, 0.2) is 24.3 Å². The van der Waals surface area contributed by atoms with Crippen molar-refractivity contribution in [2.75, 3.05) is 24.5 Å². The van der Waals surface area contributed by atoms with Crippen LogP contribution in [0, 0.1) is 11.3 Å². The van der Waals surface area contributed by atoms with Gasteiger partial charge in [-0.25, -0.2) is 5.10 Å². The number of aromatic nitrogens is 4. The molecule has 1 aromatic heterocycles. The molecule has 0 unspecified atom stereocenters. The summed E-state index contributed by atoms with van der Waals surface area (Å²) < 4.78 is 0. The zero-order chi connectivity index (χ0) is 21.5. The number of hydrogen-bond donors (Lipinski definition) is 2. The summed E-state index contributed by atoms with van der Waals surface area (Å²) in [6.07, 6.45) is 2.22. The number of benzene rings is 1. The molecule has 4 atom stereocenters. The van der Waals surface area contributed by atoms with Crippen LogP contribution in [0.25, 0.3) is 11.4 Å². The highest BCUT2D eigenvalue weighted by atomic mass is 16.2. The summed E-state index contributed by atoms with van der Waals surface area (Å²) in [7, 11) is 0. The number of nitrogens with two attached hydrogens (primary N) is 1. The summed E-state index contributed by atoms with van der Waals surface area (Å²) in [5, 5.41) is 23.1. The zero-order valence-corrected chi connectivity index (χ0v) is 16.9. The van der Waals surface area contributed by atoms with Gasteiger partial charge < -0.3 is 15.5 Å². The molecule has 0 saturated carbocycles. The van der Waals surface area contributed by atoms with E-state index in [1.54, 1.807) is 4.90 Å². The summed E-state index contributed by atoms with van der Waals surface area (Å²) in [6.45, 7) is 1.55. The van der Waals surface area contributed by atoms with E-state index in [-0.39, 0.29) is 23.9 Å². The molecular formula is C20H23N9O2. The lowest BCUT2D eigenvalue weighted by Crippen LogP contribution is -2.56. The zero-order valence-electron chi connectivity index (χ0n) is 16.9. The second kappa shape index (κ2) is 7.72. The minimum Gasteiger partial charge on any atom is -0.325 e. The van der Waals surface area contributed by atoms with E-state index >= 15 is 0 Å². The fourth-order valence-electron chi connectivity index (χ4n) is 5.00. The Morgan fingerprint density at radius 3 is 3.03 bits per heavy atom. The Morgan fingerprint density at radius 2 is 2.29 bits per heavy atom. The Morgan fingerprint density at radius 1 is 1.42 bits per heavy atom. The number of aromatic amines is 1. The number of H-pyrrole nitrogens is 1. The Kier molecular flexibility index (Phi) is 4.88. The van der Waals surface area contributed by atoms with Crippen LogP contribution in [0.1, 0.15) is 19.3 Å². The van der Waals surface area contributed by atoms with Gasteiger partial charge in [-0.05, 0) is 41.8 Å². The summed E-state index contributed by atoms with van der Waals surface area (Å²) in [6, 6.07) is 8.35. The van der Waals surface area contributed by atoms with Gasteiger partial charge in [-0.1, -0.05) is 12.1 Å². The highest BCUT2D eigenvalue weighted by Crippen LogP contribution is 2.36. The lowest BCUT2D eigenvalue weighted by atomic mass is 10.1. The molecule has 2 amide bonds. The molecule has 4 heterocycles. The lowest BCUT2D eigenvalue weighted by molar-refractivity contribution is -0.134. The van der Waals surface area contributed by atoms with Crippen LogP contribution in [-0.4, -0.2) is 86.0 Å². The summed E-state index contributed by atoms with van der Waals surface area (Å²) in [5.41, 5.74) is 7.81. The van der Waals surface area contributed by atoms with E-state index in [0.29, 0.717) is 38.3 Å². The van der Waals surface area contributed by atoms with Crippen molar-refractivity contribution in [1.29, 1.82) is 5.26 Å². The van der Waals surface area contributed by atoms with Gasteiger partial charge >= 0.3 is 0 Å². The van der Waals surface area contributed by atoms with Crippen molar-refractivity contribution < 1.29 is 9.59 Å². The van der Waals surface area contributed by atoms with Crippen LogP contribution < -0.4 is 10.6 Å². The van der Waals surface area contributed by atoms with Crippen molar-refractivity contribution in [3.63, 3.8) is 0 Å². The maximum atomic E-state index is 13.1. The molecule has 0 radical (unpaired) electrons. The molecule has 11 nitrogen and oxygen atoms in total. The first-order valence-electron chi connectivity index (χ1n) is 10.4. The number of carbonyl (C=O) groups excluding carboxylic acids is 2. The quantitative estimate of drug-likeness (QED) is 0.656. The maximum absolute atomic E-state index is 13.1. The molecule has 1 aromatic carbocycles. The fourth-order valence-corrected chi connectivity index (χ4v) is 5.00. The second-order valence-corrected chi connectivity index (χ2v) is 8.29. The molecule has 5 rings (SSSR count). The molecule has 160 valence electrons. The molecule has 3 N–H and O–H groups in total. The number of likely N-dealkylation sites (tertiary alicyclic amines) is 2. The van der Waals surface area contributed by atoms with Gasteiger partial charge in [0.05, 0.1) is 24.2 Å². The third-order valence-electron chi connectivity index (χ3n) is 6.45. The standard InChI is InChI=1S/C20H23N9O2/c21-9-14-5-2-6-28(14)19(30)16(22)11-27-10-15-8-17(27)20(31)29(15)13-4-1-3-12(7-13)18-23-25-26-24-18/h1,3-4,7,14-17H,2,5-6,8,10-11,22H2,(H,23,24,25,26)/t14-,15-,16-,17-/m0/s1. The SMILES string of the molecule is N#C[C@@H]1CCCN1C(=O)[C@@H](N)CN1C[C@@H]2C[C@H]1C(=O)N2c1cccc(-c2nnn[nH]2)c1. The molecule has 2 aromatic rings. The van der Waals surface area contributed by atoms with Crippen LogP contribution in [0.2, 0.25) is 0 Å². The van der Waals surface area contributed by atoms with Crippen LogP contribution in [0.4, 0.5) is 5.69 Å². The summed E-state index contributed by atoms with van der Waals surface area (Å²) in [5.74, 6) is 0.353. The monoisotopic (exact) mass is 421 g/mol. The number of nitrogens with one attached hydrogen (secondary N) is 1. The third-order valence-corrected chi connectivity index (χ3v) is 6.45. The highest BCUT2D eigenvalue weighted by molar-refractivity contribution is 6.01. The molecular weight excluding hydrogens is 398 g/mol. The van der Waals surface area contributed by atoms with Crippen molar-refractivity contribution in [2.45, 2.75) is 43.4 Å². The number of nitriles is 1. The number of amides is 2. The second-order valence-electron chi connectivity index (χ2n) is 8.29. The minimum absolute atomic E-state index is 0.0137. The van der Waals surface area contributed by atoms with E-state index in [4.69, 9.17) is 5.73 Å². The van der Waals surface area contributed by atoms with Gasteiger partial charge in [0.1, 0.15) is 6.04 Å². The van der Waals surface area contributed by atoms with E-state index in [1.807, 2.05) is 34.1 Å². The van der Waals surface area contributed by atoms with Crippen molar-refractivity contribution >= 4 is 17.5 Å². The smallest absolute Gasteiger partial charge is 0.244 e. The fraction of sp³-hybridized carbons (Fsp3) is 0.500. The Bertz CT molecular complexity index is 1030. The summed E-state index contributed by atoms with van der Waals surface area (Å²) >= 11 is 0. The first kappa shape index (κ1) is 19.6. The molecule has 0 spiro atoms. The van der Waals surface area contributed by atoms with Crippen LogP contribution in [-0.2, 0) is 9.59 Å². The van der Waals surface area contributed by atoms with Gasteiger partial charge in [0.25, 0.3) is 0 Å². The van der Waals surface area contributed by atoms with E-state index < -0.39 is 12.1 Å². The number of fused-ring (bicyclic) bond motifs is 2. The van der Waals surface area contributed by atoms with Gasteiger partial charge in [-0.2, -0.15) is 5.26 Å². The van der Waals surface area contributed by atoms with Crippen molar-refractivity contribution in [3.8, 4) is 17.5 Å². The normalized spacial score (nSPS) is 26.5. The van der Waals surface area contributed by atoms with E-state index in [2.05, 4.69) is 26.7 Å². The Hall–Kier alpha value is -3.36. The average molecular weight is 421 g/mol. The largest absolute Gasteiger partial charge is 0.325 e. The van der Waals surface area contributed by atoms with Crippen molar-refractivity contribution in [1.82, 2.24) is 30.4 Å². The van der Waals surface area contributed by atoms with E-state index in [9.17, 15) is 14.9 Å². The molecule has 3 aliphatic heterocycles. The maximum Gasteiger partial charge on any atom is 0.244 e. The average Bonchev–Trinajstić information content (AvgIpc) is 3.57. The molecule has 0 aliphatic carbocycles. The predicted octanol–water partition coefficient (Wildman–Crippen LogP) is -0.502. The Balaban J connectivity index is 1.27. The number of hydrogen-bond acceptors (Lipinski definition) is 8. The molecule has 3 saturated heterocycles. The predicted molar refractivity (Wildman–Crippen MR) is 109 cm³/mol. The van der Waals surface area contributed by atoms with Gasteiger partial charge in [0.2, 0.25) is 11.8 Å². The molecule has 31 heavy (non-hydrogen) atoms. The van der Waals surface area contributed by atoms with E-state index in [0.717, 1.165) is 17.7 Å². The number of carbonyl (C=O) groups is 2. The first-order chi connectivity index (χ1) is 15.1. The Labute approximate surface area is 178 Å². The molecule has 2 bridgehead atoms. The van der Waals surface area contributed by atoms with Crippen LogP contribution >= 0.6 is 0 Å². The first-order valence-corrected chi connectivity index (χ1v) is 10.4. The number of piperazine rings is 1. The highest BCUT2D eigenvalue weighted by Gasteiger charge is 2.50. The number of nitrogens with zero attached hydrogens (tertiary/aromatic N) is 7. The van der Waals surface area contributed by atoms with E-state index in [1.165, 1.54) is 0 Å². The topological polar surface area (TPSA) is 148 Å².